The zero-order chi connectivity index (χ0) is 21.5. The number of furan rings is 1. The van der Waals surface area contributed by atoms with Crippen molar-refractivity contribution in [3.8, 4) is 5.88 Å². The second kappa shape index (κ2) is 9.32. The summed E-state index contributed by atoms with van der Waals surface area (Å²) in [7, 11) is 1.24. The summed E-state index contributed by atoms with van der Waals surface area (Å²) >= 11 is 0. The van der Waals surface area contributed by atoms with E-state index in [0.29, 0.717) is 16.7 Å². The van der Waals surface area contributed by atoms with E-state index in [4.69, 9.17) is 4.42 Å². The van der Waals surface area contributed by atoms with Gasteiger partial charge in [0.2, 0.25) is 11.8 Å². The van der Waals surface area contributed by atoms with Gasteiger partial charge in [-0.2, -0.15) is 0 Å². The van der Waals surface area contributed by atoms with Gasteiger partial charge < -0.3 is 19.6 Å². The highest BCUT2D eigenvalue weighted by molar-refractivity contribution is 5.96. The molecule has 0 aliphatic carbocycles. The van der Waals surface area contributed by atoms with Crippen molar-refractivity contribution in [1.82, 2.24) is 9.88 Å². The highest BCUT2D eigenvalue weighted by atomic mass is 16.5. The van der Waals surface area contributed by atoms with Crippen LogP contribution in [0.3, 0.4) is 0 Å². The number of para-hydroxylation sites is 1. The lowest BCUT2D eigenvalue weighted by Crippen LogP contribution is -2.26. The van der Waals surface area contributed by atoms with Crippen LogP contribution in [0.5, 0.6) is 5.88 Å². The summed E-state index contributed by atoms with van der Waals surface area (Å²) in [6.45, 7) is -0.614. The number of hydrogen-bond acceptors (Lipinski definition) is 7. The molecule has 0 spiro atoms. The number of amides is 2. The molecule has 0 radical (unpaired) electrons. The fraction of sp³-hybridized carbons (Fsp3) is 0.150. The van der Waals surface area contributed by atoms with Gasteiger partial charge in [0.15, 0.2) is 5.69 Å². The Morgan fingerprint density at radius 1 is 1.23 bits per heavy atom. The first kappa shape index (κ1) is 20.5. The molecular weight excluding hydrogens is 392 g/mol. The van der Waals surface area contributed by atoms with Gasteiger partial charge in [-0.25, -0.2) is 0 Å². The lowest BCUT2D eigenvalue weighted by Gasteiger charge is -2.04. The number of azo groups is 1. The van der Waals surface area contributed by atoms with Crippen LogP contribution < -0.4 is 5.32 Å². The first-order valence-electron chi connectivity index (χ1n) is 8.80. The fourth-order valence-corrected chi connectivity index (χ4v) is 2.63. The first-order chi connectivity index (χ1) is 14.5. The Labute approximate surface area is 170 Å². The van der Waals surface area contributed by atoms with Crippen molar-refractivity contribution < 1.29 is 28.6 Å². The summed E-state index contributed by atoms with van der Waals surface area (Å²) in [5, 5.41) is 20.7. The van der Waals surface area contributed by atoms with Crippen molar-refractivity contribution in [1.29, 1.82) is 0 Å². The molecule has 10 nitrogen and oxygen atoms in total. The molecule has 3 rings (SSSR count). The van der Waals surface area contributed by atoms with E-state index in [9.17, 15) is 19.5 Å². The van der Waals surface area contributed by atoms with Crippen molar-refractivity contribution in [2.75, 3.05) is 13.7 Å². The fourth-order valence-electron chi connectivity index (χ4n) is 2.63. The Morgan fingerprint density at radius 2 is 2.03 bits per heavy atom. The summed E-state index contributed by atoms with van der Waals surface area (Å²) in [6, 6.07) is 10.2. The molecule has 154 valence electrons. The van der Waals surface area contributed by atoms with Crippen molar-refractivity contribution in [2.24, 2.45) is 10.2 Å². The van der Waals surface area contributed by atoms with Gasteiger partial charge in [-0.1, -0.05) is 18.2 Å². The molecule has 1 aromatic carbocycles. The maximum Gasteiger partial charge on any atom is 0.325 e. The number of nitrogens with zero attached hydrogens (tertiary/aromatic N) is 3. The summed E-state index contributed by atoms with van der Waals surface area (Å²) < 4.78 is 11.0. The van der Waals surface area contributed by atoms with Crippen molar-refractivity contribution >= 4 is 40.4 Å². The summed E-state index contributed by atoms with van der Waals surface area (Å²) in [5.74, 6) is -1.62. The summed E-state index contributed by atoms with van der Waals surface area (Å²) in [6.07, 6.45) is 4.14. The van der Waals surface area contributed by atoms with E-state index < -0.39 is 17.8 Å². The van der Waals surface area contributed by atoms with Gasteiger partial charge in [0.1, 0.15) is 18.8 Å². The number of carbonyl (C=O) groups excluding carboxylic acids is 3. The molecule has 0 aliphatic rings. The van der Waals surface area contributed by atoms with Crippen LogP contribution in [0.25, 0.3) is 17.0 Å². The van der Waals surface area contributed by atoms with Crippen LogP contribution in [0.4, 0.5) is 5.69 Å². The van der Waals surface area contributed by atoms with Crippen molar-refractivity contribution in [3.05, 3.63) is 54.5 Å². The van der Waals surface area contributed by atoms with Crippen molar-refractivity contribution in [2.45, 2.75) is 6.54 Å². The van der Waals surface area contributed by atoms with Crippen LogP contribution in [0.1, 0.15) is 5.76 Å². The predicted octanol–water partition coefficient (Wildman–Crippen LogP) is 2.55. The molecule has 2 aromatic heterocycles. The van der Waals surface area contributed by atoms with Gasteiger partial charge in [0.05, 0.1) is 18.9 Å². The average molecular weight is 410 g/mol. The van der Waals surface area contributed by atoms with Gasteiger partial charge in [-0.05, 0) is 24.3 Å². The van der Waals surface area contributed by atoms with Crippen LogP contribution in [-0.2, 0) is 25.7 Å². The van der Waals surface area contributed by atoms with Crippen molar-refractivity contribution in [3.63, 3.8) is 0 Å². The molecule has 0 atom stereocenters. The van der Waals surface area contributed by atoms with Crippen LogP contribution in [0.2, 0.25) is 0 Å². The number of nitrogens with one attached hydrogen (secondary N) is 1. The van der Waals surface area contributed by atoms with Gasteiger partial charge in [-0.3, -0.25) is 19.0 Å². The lowest BCUT2D eigenvalue weighted by atomic mass is 10.2. The predicted molar refractivity (Wildman–Crippen MR) is 106 cm³/mol. The summed E-state index contributed by atoms with van der Waals surface area (Å²) in [5.41, 5.74) is 0.560. The summed E-state index contributed by atoms with van der Waals surface area (Å²) in [4.78, 5) is 35.3. The van der Waals surface area contributed by atoms with Crippen LogP contribution in [-0.4, -0.2) is 41.1 Å². The zero-order valence-corrected chi connectivity index (χ0v) is 15.9. The zero-order valence-electron chi connectivity index (χ0n) is 15.9. The maximum atomic E-state index is 12.0. The van der Waals surface area contributed by atoms with Crippen LogP contribution in [0, 0.1) is 0 Å². The van der Waals surface area contributed by atoms with Gasteiger partial charge >= 0.3 is 5.97 Å². The monoisotopic (exact) mass is 410 g/mol. The van der Waals surface area contributed by atoms with E-state index in [1.54, 1.807) is 36.4 Å². The van der Waals surface area contributed by atoms with E-state index in [0.717, 1.165) is 0 Å². The number of ether oxygens (including phenoxy) is 1. The van der Waals surface area contributed by atoms with Gasteiger partial charge in [0.25, 0.3) is 5.91 Å². The number of fused-ring (bicyclic) bond motifs is 1. The minimum Gasteiger partial charge on any atom is -0.493 e. The highest BCUT2D eigenvalue weighted by Gasteiger charge is 2.18. The number of carbonyl (C=O) groups is 3. The number of aromatic nitrogens is 1. The topological polar surface area (TPSA) is 135 Å². The normalized spacial score (nSPS) is 11.4. The Hall–Kier alpha value is -4.21. The third-order valence-corrected chi connectivity index (χ3v) is 4.05. The molecule has 2 N–H and O–H groups in total. The third kappa shape index (κ3) is 4.79. The number of benzene rings is 1. The van der Waals surface area contributed by atoms with Crippen LogP contribution >= 0.6 is 0 Å². The second-order valence-electron chi connectivity index (χ2n) is 6.01. The molecule has 2 heterocycles. The molecule has 30 heavy (non-hydrogen) atoms. The third-order valence-electron chi connectivity index (χ3n) is 4.05. The molecule has 0 unspecified atom stereocenters. The smallest absolute Gasteiger partial charge is 0.325 e. The van der Waals surface area contributed by atoms with E-state index >= 15 is 0 Å². The Bertz CT molecular complexity index is 1130. The minimum absolute atomic E-state index is 0.0342. The minimum atomic E-state index is -0.723. The van der Waals surface area contributed by atoms with Gasteiger partial charge in [0, 0.05) is 11.5 Å². The number of hydrogen-bond donors (Lipinski definition) is 2. The van der Waals surface area contributed by atoms with E-state index in [1.165, 1.54) is 30.1 Å². The second-order valence-corrected chi connectivity index (χ2v) is 6.01. The van der Waals surface area contributed by atoms with E-state index in [1.807, 2.05) is 0 Å². The first-order valence-corrected chi connectivity index (χ1v) is 8.80. The largest absolute Gasteiger partial charge is 0.493 e. The molecule has 0 bridgehead atoms. The molecule has 0 fully saturated rings. The number of aromatic hydroxyl groups is 1. The Kier molecular flexibility index (Phi) is 6.38. The van der Waals surface area contributed by atoms with E-state index in [-0.39, 0.29) is 24.7 Å². The highest BCUT2D eigenvalue weighted by Crippen LogP contribution is 2.38. The van der Waals surface area contributed by atoms with Gasteiger partial charge in [-0.15, -0.1) is 10.2 Å². The molecule has 3 aromatic rings. The molecule has 2 amide bonds. The SMILES string of the molecule is COC(=O)Cn1c(O)c(N=NC(=O)CNC(=O)/C=C/c2ccco2)c2ccccc21. The molecule has 0 saturated carbocycles. The molecule has 0 saturated heterocycles. The molecule has 10 heteroatoms. The quantitative estimate of drug-likeness (QED) is 0.349. The Morgan fingerprint density at radius 3 is 2.77 bits per heavy atom. The van der Waals surface area contributed by atoms with Crippen LogP contribution in [0.15, 0.2) is 63.4 Å². The van der Waals surface area contributed by atoms with E-state index in [2.05, 4.69) is 20.3 Å². The Balaban J connectivity index is 1.69. The number of methoxy groups -OCH3 is 1. The molecule has 0 aliphatic heterocycles. The number of rotatable bonds is 7. The molecular formula is C20H18N4O6. The maximum absolute atomic E-state index is 12.0. The number of esters is 1. The average Bonchev–Trinajstić information content (AvgIpc) is 3.36. The standard InChI is InChI=1S/C20H18N4O6/c1-29-18(27)12-24-15-7-3-2-6-14(15)19(20(24)28)23-22-17(26)11-21-16(25)9-8-13-5-4-10-30-13/h2-10,28H,11-12H2,1H3,(H,21,25)/b9-8+,23-22?. The lowest BCUT2D eigenvalue weighted by molar-refractivity contribution is -0.141.